The van der Waals surface area contributed by atoms with Crippen LogP contribution in [0, 0.1) is 6.92 Å². The number of nitrogens with zero attached hydrogens (tertiary/aromatic N) is 4. The molecule has 3 aromatic carbocycles. The highest BCUT2D eigenvalue weighted by molar-refractivity contribution is 7.83. The van der Waals surface area contributed by atoms with Crippen LogP contribution in [-0.2, 0) is 24.2 Å². The van der Waals surface area contributed by atoms with E-state index in [1.165, 1.54) is 22.5 Å². The number of carbonyl (C=O) groups excluding carboxylic acids is 1. The molecule has 1 aliphatic heterocycles. The predicted octanol–water partition coefficient (Wildman–Crippen LogP) is 5.74. The van der Waals surface area contributed by atoms with Gasteiger partial charge in [0.2, 0.25) is 0 Å². The molecule has 278 valence electrons. The molecule has 5 rings (SSSR count). The van der Waals surface area contributed by atoms with E-state index in [0.717, 1.165) is 23.7 Å². The summed E-state index contributed by atoms with van der Waals surface area (Å²) in [5.41, 5.74) is 0.928. The van der Waals surface area contributed by atoms with E-state index in [1.807, 2.05) is 91.0 Å². The van der Waals surface area contributed by atoms with Crippen molar-refractivity contribution in [1.82, 2.24) is 24.0 Å². The minimum Gasteiger partial charge on any atom is -0.350 e. The number of hydrogen-bond acceptors (Lipinski definition) is 7. The third-order valence-corrected chi connectivity index (χ3v) is 11.6. The van der Waals surface area contributed by atoms with Crippen LogP contribution in [0.1, 0.15) is 34.9 Å². The molecule has 1 N–H and O–H groups in total. The second kappa shape index (κ2) is 16.3. The molecule has 1 saturated heterocycles. The summed E-state index contributed by atoms with van der Waals surface area (Å²) in [4.78, 5) is 42.1. The molecule has 1 aliphatic rings. The van der Waals surface area contributed by atoms with Crippen molar-refractivity contribution in [2.75, 3.05) is 46.9 Å². The maximum atomic E-state index is 13.6. The van der Waals surface area contributed by atoms with Crippen LogP contribution in [0.3, 0.4) is 0 Å². The van der Waals surface area contributed by atoms with Crippen molar-refractivity contribution in [1.29, 1.82) is 0 Å². The van der Waals surface area contributed by atoms with Crippen LogP contribution in [-0.4, -0.2) is 89.1 Å². The molecule has 0 spiro atoms. The smallest absolute Gasteiger partial charge is 0.350 e. The molecule has 11 nitrogen and oxygen atoms in total. The van der Waals surface area contributed by atoms with Gasteiger partial charge in [0.25, 0.3) is 5.56 Å². The maximum absolute atomic E-state index is 13.6. The number of H-pyrrole nitrogens is 1. The van der Waals surface area contributed by atoms with Crippen molar-refractivity contribution < 1.29 is 31.8 Å². The summed E-state index contributed by atoms with van der Waals surface area (Å²) >= 11 is 6.42. The summed E-state index contributed by atoms with van der Waals surface area (Å²) in [6.07, 6.45) is -5.31. The lowest BCUT2D eigenvalue weighted by Crippen LogP contribution is -2.58. The molecule has 1 amide bonds. The largest absolute Gasteiger partial charge is 0.471 e. The van der Waals surface area contributed by atoms with Crippen LogP contribution in [0.4, 0.5) is 13.2 Å². The molecule has 3 unspecified atom stereocenters. The van der Waals surface area contributed by atoms with Gasteiger partial charge in [0.1, 0.15) is 0 Å². The Hall–Kier alpha value is -4.04. The third kappa shape index (κ3) is 8.60. The Morgan fingerprint density at radius 1 is 0.923 bits per heavy atom. The quantitative estimate of drug-likeness (QED) is 0.136. The highest BCUT2D eigenvalue weighted by Gasteiger charge is 2.47. The van der Waals surface area contributed by atoms with Gasteiger partial charge in [-0.25, -0.2) is 9.46 Å². The van der Waals surface area contributed by atoms with E-state index < -0.39 is 48.1 Å². The molecule has 0 aliphatic carbocycles. The first-order valence-electron chi connectivity index (χ1n) is 16.5. The predicted molar refractivity (Wildman–Crippen MR) is 191 cm³/mol. The van der Waals surface area contributed by atoms with Crippen LogP contribution in [0.25, 0.3) is 0 Å². The van der Waals surface area contributed by atoms with Gasteiger partial charge in [0.15, 0.2) is 6.23 Å². The Morgan fingerprint density at radius 2 is 1.44 bits per heavy atom. The van der Waals surface area contributed by atoms with E-state index in [2.05, 4.69) is 9.88 Å². The summed E-state index contributed by atoms with van der Waals surface area (Å²) < 4.78 is 66.8. The van der Waals surface area contributed by atoms with Crippen molar-refractivity contribution in [3.8, 4) is 0 Å². The van der Waals surface area contributed by atoms with Crippen molar-refractivity contribution >= 4 is 24.0 Å². The van der Waals surface area contributed by atoms with Gasteiger partial charge in [-0.3, -0.25) is 28.6 Å². The van der Waals surface area contributed by atoms with E-state index in [4.69, 9.17) is 20.5 Å². The zero-order valence-electron chi connectivity index (χ0n) is 28.8. The molecule has 3 atom stereocenters. The van der Waals surface area contributed by atoms with Crippen LogP contribution >= 0.6 is 18.1 Å². The number of aromatic amines is 1. The standard InChI is InChI=1S/C36H40ClF3N5O6P/c1-26-22-45(34(48)41-32(26)46)31-24-44(23-30(51-31)25-50-52(37,49)43(3)21-13-20-42(2)33(47)36(38,39)40)35(27-14-7-4-8-15-27,28-16-9-5-10-17-28)29-18-11-6-12-19-29/h4-12,14-19,22,30-31H,13,20-21,23-25H2,1-3H3,(H,41,46,48). The summed E-state index contributed by atoms with van der Waals surface area (Å²) in [5, 5.41) is 0. The van der Waals surface area contributed by atoms with Gasteiger partial charge < -0.3 is 14.2 Å². The third-order valence-electron chi connectivity index (χ3n) is 9.05. The minimum absolute atomic E-state index is 0.0346. The molecule has 1 fully saturated rings. The lowest BCUT2D eigenvalue weighted by molar-refractivity contribution is -0.184. The van der Waals surface area contributed by atoms with Crippen molar-refractivity contribution in [3.05, 3.63) is 140 Å². The molecule has 0 bridgehead atoms. The first kappa shape index (κ1) is 39.2. The van der Waals surface area contributed by atoms with E-state index in [0.29, 0.717) is 10.5 Å². The van der Waals surface area contributed by atoms with E-state index in [-0.39, 0.29) is 39.2 Å². The van der Waals surface area contributed by atoms with Crippen LogP contribution < -0.4 is 11.2 Å². The second-order valence-corrected chi connectivity index (χ2v) is 15.7. The average molecular weight is 762 g/mol. The number of aryl methyl sites for hydroxylation is 1. The average Bonchev–Trinajstić information content (AvgIpc) is 3.13. The number of ether oxygens (including phenoxy) is 1. The molecule has 16 heteroatoms. The summed E-state index contributed by atoms with van der Waals surface area (Å²) in [6.45, 7) is -2.69. The topological polar surface area (TPSA) is 117 Å². The maximum Gasteiger partial charge on any atom is 0.471 e. The number of hydrogen-bond donors (Lipinski definition) is 1. The number of nitrogens with one attached hydrogen (secondary N) is 1. The van der Waals surface area contributed by atoms with Gasteiger partial charge in [-0.05, 0) is 48.3 Å². The highest BCUT2D eigenvalue weighted by atomic mass is 35.7. The minimum atomic E-state index is -5.00. The van der Waals surface area contributed by atoms with Crippen molar-refractivity contribution in [2.45, 2.75) is 37.4 Å². The Morgan fingerprint density at radius 3 is 1.94 bits per heavy atom. The SMILES string of the molecule is Cc1cn(C2CN(C(c3ccccc3)(c3ccccc3)c3ccccc3)CC(COP(=O)(Cl)N(C)CCCN(C)C(=O)C(F)(F)F)O2)c(=O)[nH]c1=O. The first-order chi connectivity index (χ1) is 24.6. The fourth-order valence-corrected chi connectivity index (χ4v) is 7.79. The number of halogens is 4. The lowest BCUT2D eigenvalue weighted by Gasteiger charge is -2.50. The van der Waals surface area contributed by atoms with Gasteiger partial charge in [0, 0.05) is 45.0 Å². The van der Waals surface area contributed by atoms with Crippen LogP contribution in [0.5, 0.6) is 0 Å². The van der Waals surface area contributed by atoms with E-state index >= 15 is 0 Å². The normalized spacial score (nSPS) is 18.2. The molecule has 0 radical (unpaired) electrons. The number of carbonyl (C=O) groups is 1. The van der Waals surface area contributed by atoms with Gasteiger partial charge in [-0.15, -0.1) is 0 Å². The highest BCUT2D eigenvalue weighted by Crippen LogP contribution is 2.55. The zero-order chi connectivity index (χ0) is 37.7. The zero-order valence-corrected chi connectivity index (χ0v) is 30.5. The van der Waals surface area contributed by atoms with Gasteiger partial charge in [-0.2, -0.15) is 13.2 Å². The molecule has 52 heavy (non-hydrogen) atoms. The lowest BCUT2D eigenvalue weighted by atomic mass is 9.75. The van der Waals surface area contributed by atoms with E-state index in [1.54, 1.807) is 6.92 Å². The monoisotopic (exact) mass is 761 g/mol. The van der Waals surface area contributed by atoms with Gasteiger partial charge >= 0.3 is 24.6 Å². The summed E-state index contributed by atoms with van der Waals surface area (Å²) in [6, 6.07) is 29.6. The van der Waals surface area contributed by atoms with Gasteiger partial charge in [-0.1, -0.05) is 91.0 Å². The Labute approximate surface area is 303 Å². The van der Waals surface area contributed by atoms with Crippen molar-refractivity contribution in [2.24, 2.45) is 0 Å². The summed E-state index contributed by atoms with van der Waals surface area (Å²) in [7, 11) is 2.44. The van der Waals surface area contributed by atoms with Crippen LogP contribution in [0.15, 0.2) is 107 Å². The fraction of sp³-hybridized carbons (Fsp3) is 0.361. The molecule has 1 aromatic heterocycles. The fourth-order valence-electron chi connectivity index (χ4n) is 6.47. The number of alkyl halides is 3. The Balaban J connectivity index is 1.50. The molecule has 0 saturated carbocycles. The summed E-state index contributed by atoms with van der Waals surface area (Å²) in [5.74, 6) is -1.98. The van der Waals surface area contributed by atoms with E-state index in [9.17, 15) is 32.1 Å². The molecule has 2 heterocycles. The number of amides is 1. The van der Waals surface area contributed by atoms with Crippen LogP contribution in [0.2, 0.25) is 0 Å². The number of benzene rings is 3. The van der Waals surface area contributed by atoms with Crippen molar-refractivity contribution in [3.63, 3.8) is 0 Å². The molecular formula is C36H40ClF3N5O6P. The Kier molecular flexibility index (Phi) is 12.3. The van der Waals surface area contributed by atoms with Gasteiger partial charge in [0.05, 0.1) is 18.2 Å². The second-order valence-electron chi connectivity index (χ2n) is 12.6. The number of aromatic nitrogens is 2. The first-order valence-corrected chi connectivity index (χ1v) is 19.0. The number of rotatable bonds is 13. The molecular weight excluding hydrogens is 722 g/mol. The molecule has 4 aromatic rings. The Bertz CT molecular complexity index is 1890. The number of morpholine rings is 1.